The van der Waals surface area contributed by atoms with E-state index in [0.717, 1.165) is 11.3 Å². The summed E-state index contributed by atoms with van der Waals surface area (Å²) in [4.78, 5) is 35.2. The van der Waals surface area contributed by atoms with Crippen LogP contribution in [-0.2, 0) is 9.53 Å². The first kappa shape index (κ1) is 17.2. The highest BCUT2D eigenvalue weighted by Crippen LogP contribution is 2.22. The van der Waals surface area contributed by atoms with E-state index in [1.807, 2.05) is 5.38 Å². The molecule has 2 rings (SSSR count). The molecule has 2 heterocycles. The van der Waals surface area contributed by atoms with Crippen molar-refractivity contribution in [1.29, 1.82) is 0 Å². The van der Waals surface area contributed by atoms with Crippen LogP contribution in [0, 0.1) is 0 Å². The van der Waals surface area contributed by atoms with Crippen LogP contribution in [0.15, 0.2) is 29.0 Å². The van der Waals surface area contributed by atoms with Gasteiger partial charge in [0, 0.05) is 23.9 Å². The lowest BCUT2D eigenvalue weighted by molar-refractivity contribution is -0.116. The molecule has 2 aromatic heterocycles. The molecule has 8 heteroatoms. The number of methoxy groups -OCH3 is 1. The number of nitrogens with one attached hydrogen (secondary N) is 2. The van der Waals surface area contributed by atoms with Gasteiger partial charge in [-0.25, -0.2) is 4.79 Å². The Hall–Kier alpha value is -2.19. The number of thiophene rings is 2. The van der Waals surface area contributed by atoms with E-state index in [2.05, 4.69) is 15.4 Å². The number of carbonyl (C=O) groups excluding carboxylic acids is 3. The van der Waals surface area contributed by atoms with Crippen LogP contribution in [-0.4, -0.2) is 31.4 Å². The smallest absolute Gasteiger partial charge is 0.348 e. The lowest BCUT2D eigenvalue weighted by Crippen LogP contribution is -2.25. The van der Waals surface area contributed by atoms with Crippen LogP contribution in [0.5, 0.6) is 0 Å². The number of rotatable bonds is 7. The summed E-state index contributed by atoms with van der Waals surface area (Å²) in [6.45, 7) is 0.431. The summed E-state index contributed by atoms with van der Waals surface area (Å²) in [5.41, 5.74) is 0.633. The molecule has 6 nitrogen and oxygen atoms in total. The first-order valence-electron chi connectivity index (χ1n) is 6.88. The number of amides is 2. The van der Waals surface area contributed by atoms with E-state index in [9.17, 15) is 14.4 Å². The van der Waals surface area contributed by atoms with Gasteiger partial charge in [-0.1, -0.05) is 0 Å². The highest BCUT2D eigenvalue weighted by atomic mass is 32.1. The zero-order chi connectivity index (χ0) is 16.7. The maximum absolute atomic E-state index is 11.8. The minimum atomic E-state index is -0.424. The highest BCUT2D eigenvalue weighted by molar-refractivity contribution is 7.18. The van der Waals surface area contributed by atoms with Crippen LogP contribution in [0.3, 0.4) is 0 Å². The molecule has 0 atom stereocenters. The molecule has 0 aliphatic carbocycles. The van der Waals surface area contributed by atoms with Crippen LogP contribution in [0.1, 0.15) is 32.9 Å². The number of hydrogen-bond acceptors (Lipinski definition) is 6. The molecule has 0 fully saturated rings. The lowest BCUT2D eigenvalue weighted by Gasteiger charge is -2.04. The third kappa shape index (κ3) is 5.19. The molecule has 0 unspecified atom stereocenters. The summed E-state index contributed by atoms with van der Waals surface area (Å²) in [6.07, 6.45) is 0.826. The van der Waals surface area contributed by atoms with E-state index in [1.54, 1.807) is 23.6 Å². The average molecular weight is 352 g/mol. The molecular formula is C15H16N2O4S2. The van der Waals surface area contributed by atoms with E-state index in [-0.39, 0.29) is 18.2 Å². The molecule has 0 aliphatic heterocycles. The summed E-state index contributed by atoms with van der Waals surface area (Å²) in [6, 6.07) is 5.02. The number of ether oxygens (including phenoxy) is 1. The normalized spacial score (nSPS) is 10.1. The van der Waals surface area contributed by atoms with Crippen molar-refractivity contribution in [3.63, 3.8) is 0 Å². The zero-order valence-electron chi connectivity index (χ0n) is 12.5. The lowest BCUT2D eigenvalue weighted by atomic mass is 10.2. The van der Waals surface area contributed by atoms with Crippen molar-refractivity contribution in [2.75, 3.05) is 19.0 Å². The molecule has 0 bridgehead atoms. The third-order valence-corrected chi connectivity index (χ3v) is 4.57. The Bertz CT molecular complexity index is 679. The monoisotopic (exact) mass is 352 g/mol. The standard InChI is InChI=1S/C15H16N2O4S2/c1-21-15(20)11-4-5-13(23-11)17-12(18)3-2-7-16-14(19)10-6-8-22-9-10/h4-6,8-9H,2-3,7H2,1H3,(H,16,19)(H,17,18). The van der Waals surface area contributed by atoms with E-state index < -0.39 is 5.97 Å². The summed E-state index contributed by atoms with van der Waals surface area (Å²) in [5.74, 6) is -0.715. The van der Waals surface area contributed by atoms with Gasteiger partial charge in [-0.2, -0.15) is 11.3 Å². The Balaban J connectivity index is 1.68. The Morgan fingerprint density at radius 2 is 2.04 bits per heavy atom. The largest absolute Gasteiger partial charge is 0.465 e. The summed E-state index contributed by atoms with van der Waals surface area (Å²) >= 11 is 2.62. The molecule has 0 saturated heterocycles. The fourth-order valence-electron chi connectivity index (χ4n) is 1.76. The van der Waals surface area contributed by atoms with Crippen molar-refractivity contribution in [2.45, 2.75) is 12.8 Å². The molecule has 2 aromatic rings. The number of esters is 1. The topological polar surface area (TPSA) is 84.5 Å². The molecule has 0 spiro atoms. The van der Waals surface area contributed by atoms with E-state index in [1.165, 1.54) is 18.4 Å². The van der Waals surface area contributed by atoms with Gasteiger partial charge >= 0.3 is 5.97 Å². The molecule has 0 saturated carbocycles. The maximum Gasteiger partial charge on any atom is 0.348 e. The van der Waals surface area contributed by atoms with Crippen molar-refractivity contribution < 1.29 is 19.1 Å². The van der Waals surface area contributed by atoms with Crippen molar-refractivity contribution in [3.8, 4) is 0 Å². The first-order chi connectivity index (χ1) is 11.1. The summed E-state index contributed by atoms with van der Waals surface area (Å²) in [7, 11) is 1.31. The Kier molecular flexibility index (Phi) is 6.30. The van der Waals surface area contributed by atoms with Gasteiger partial charge in [-0.15, -0.1) is 11.3 Å². The SMILES string of the molecule is COC(=O)c1ccc(NC(=O)CCCNC(=O)c2ccsc2)s1. The molecule has 0 radical (unpaired) electrons. The molecule has 2 amide bonds. The van der Waals surface area contributed by atoms with Gasteiger partial charge in [-0.3, -0.25) is 9.59 Å². The fourth-order valence-corrected chi connectivity index (χ4v) is 3.24. The second kappa shape index (κ2) is 8.44. The van der Waals surface area contributed by atoms with Crippen LogP contribution in [0.2, 0.25) is 0 Å². The summed E-state index contributed by atoms with van der Waals surface area (Å²) < 4.78 is 4.61. The molecule has 122 valence electrons. The molecule has 23 heavy (non-hydrogen) atoms. The Labute approximate surface area is 141 Å². The Morgan fingerprint density at radius 3 is 2.74 bits per heavy atom. The number of hydrogen-bond donors (Lipinski definition) is 2. The summed E-state index contributed by atoms with van der Waals surface area (Å²) in [5, 5.41) is 9.69. The average Bonchev–Trinajstić information content (AvgIpc) is 3.22. The minimum absolute atomic E-state index is 0.132. The third-order valence-electron chi connectivity index (χ3n) is 2.90. The van der Waals surface area contributed by atoms with E-state index >= 15 is 0 Å². The van der Waals surface area contributed by atoms with Gasteiger partial charge < -0.3 is 15.4 Å². The van der Waals surface area contributed by atoms with Crippen molar-refractivity contribution in [2.24, 2.45) is 0 Å². The van der Waals surface area contributed by atoms with Gasteiger partial charge in [0.2, 0.25) is 5.91 Å². The highest BCUT2D eigenvalue weighted by Gasteiger charge is 2.11. The number of carbonyl (C=O) groups is 3. The number of anilines is 1. The predicted molar refractivity (Wildman–Crippen MR) is 90.2 cm³/mol. The Morgan fingerprint density at radius 1 is 1.22 bits per heavy atom. The quantitative estimate of drug-likeness (QED) is 0.593. The predicted octanol–water partition coefficient (Wildman–Crippen LogP) is 2.74. The van der Waals surface area contributed by atoms with Gasteiger partial charge in [-0.05, 0) is 30.0 Å². The van der Waals surface area contributed by atoms with Gasteiger partial charge in [0.1, 0.15) is 4.88 Å². The minimum Gasteiger partial charge on any atom is -0.465 e. The zero-order valence-corrected chi connectivity index (χ0v) is 14.1. The van der Waals surface area contributed by atoms with Gasteiger partial charge in [0.05, 0.1) is 12.1 Å². The van der Waals surface area contributed by atoms with E-state index in [4.69, 9.17) is 0 Å². The van der Waals surface area contributed by atoms with Crippen LogP contribution >= 0.6 is 22.7 Å². The van der Waals surface area contributed by atoms with Crippen molar-refractivity contribution in [3.05, 3.63) is 39.4 Å². The molecule has 2 N–H and O–H groups in total. The van der Waals surface area contributed by atoms with Crippen LogP contribution in [0.25, 0.3) is 0 Å². The molecule has 0 aliphatic rings. The second-order valence-electron chi connectivity index (χ2n) is 4.58. The van der Waals surface area contributed by atoms with Gasteiger partial charge in [0.15, 0.2) is 0 Å². The molecular weight excluding hydrogens is 336 g/mol. The maximum atomic E-state index is 11.8. The fraction of sp³-hybridized carbons (Fsp3) is 0.267. The second-order valence-corrected chi connectivity index (χ2v) is 6.44. The first-order valence-corrected chi connectivity index (χ1v) is 8.64. The molecule has 0 aromatic carbocycles. The van der Waals surface area contributed by atoms with Crippen LogP contribution < -0.4 is 10.6 Å². The van der Waals surface area contributed by atoms with Crippen molar-refractivity contribution >= 4 is 45.5 Å². The van der Waals surface area contributed by atoms with Crippen molar-refractivity contribution in [1.82, 2.24) is 5.32 Å². The van der Waals surface area contributed by atoms with Crippen LogP contribution in [0.4, 0.5) is 5.00 Å². The van der Waals surface area contributed by atoms with E-state index in [0.29, 0.717) is 28.4 Å². The van der Waals surface area contributed by atoms with Gasteiger partial charge in [0.25, 0.3) is 5.91 Å².